The lowest BCUT2D eigenvalue weighted by molar-refractivity contribution is -0.119. The van der Waals surface area contributed by atoms with Crippen molar-refractivity contribution >= 4 is 33.5 Å². The van der Waals surface area contributed by atoms with E-state index in [4.69, 9.17) is 18.6 Å². The van der Waals surface area contributed by atoms with Gasteiger partial charge in [-0.15, -0.1) is 0 Å². The van der Waals surface area contributed by atoms with Crippen LogP contribution < -0.4 is 14.8 Å². The fraction of sp³-hybridized carbons (Fsp3) is 0.143. The van der Waals surface area contributed by atoms with E-state index in [9.17, 15) is 14.0 Å². The van der Waals surface area contributed by atoms with E-state index in [1.165, 1.54) is 30.3 Å². The molecule has 2 aromatic carbocycles. The van der Waals surface area contributed by atoms with Crippen LogP contribution in [0.5, 0.6) is 11.5 Å². The fourth-order valence-corrected chi connectivity index (χ4v) is 3.19. The van der Waals surface area contributed by atoms with Crippen molar-refractivity contribution in [1.29, 1.82) is 0 Å². The summed E-state index contributed by atoms with van der Waals surface area (Å²) in [5.41, 5.74) is 1.06. The number of esters is 1. The van der Waals surface area contributed by atoms with Crippen molar-refractivity contribution < 1.29 is 32.6 Å². The van der Waals surface area contributed by atoms with Gasteiger partial charge in [0.1, 0.15) is 24.8 Å². The fourth-order valence-electron chi connectivity index (χ4n) is 2.77. The normalized spacial score (nSPS) is 12.3. The molecule has 0 unspecified atom stereocenters. The number of carbonyl (C=O) groups is 2. The van der Waals surface area contributed by atoms with Crippen molar-refractivity contribution in [2.75, 3.05) is 25.1 Å². The van der Waals surface area contributed by atoms with Crippen molar-refractivity contribution in [3.8, 4) is 22.8 Å². The number of hydrogen-bond acceptors (Lipinski definition) is 6. The number of furan rings is 1. The molecule has 0 aliphatic carbocycles. The molecule has 0 saturated carbocycles. The number of halogens is 2. The van der Waals surface area contributed by atoms with E-state index in [1.807, 2.05) is 0 Å². The Morgan fingerprint density at radius 2 is 1.73 bits per heavy atom. The van der Waals surface area contributed by atoms with Crippen molar-refractivity contribution in [3.63, 3.8) is 0 Å². The van der Waals surface area contributed by atoms with Crippen molar-refractivity contribution in [3.05, 3.63) is 64.6 Å². The molecule has 0 spiro atoms. The van der Waals surface area contributed by atoms with Crippen molar-refractivity contribution in [1.82, 2.24) is 0 Å². The molecule has 0 fully saturated rings. The SMILES string of the molecule is O=C(COC(=O)c1ccc(-c2ccc(F)cc2)o1)Nc1cc2c(cc1Br)OCCO2. The summed E-state index contributed by atoms with van der Waals surface area (Å²) in [6.45, 7) is 0.367. The minimum absolute atomic E-state index is 0.0670. The Balaban J connectivity index is 1.35. The number of amides is 1. The summed E-state index contributed by atoms with van der Waals surface area (Å²) in [4.78, 5) is 24.3. The van der Waals surface area contributed by atoms with Crippen LogP contribution in [-0.2, 0) is 9.53 Å². The lowest BCUT2D eigenvalue weighted by Crippen LogP contribution is -2.21. The van der Waals surface area contributed by atoms with Crippen LogP contribution in [-0.4, -0.2) is 31.7 Å². The highest BCUT2D eigenvalue weighted by Gasteiger charge is 2.18. The summed E-state index contributed by atoms with van der Waals surface area (Å²) in [5, 5.41) is 2.64. The molecule has 9 heteroatoms. The predicted molar refractivity (Wildman–Crippen MR) is 108 cm³/mol. The van der Waals surface area contributed by atoms with Crippen LogP contribution in [0.4, 0.5) is 10.1 Å². The molecule has 0 radical (unpaired) electrons. The molecule has 0 atom stereocenters. The first-order valence-corrected chi connectivity index (χ1v) is 9.71. The predicted octanol–water partition coefficient (Wildman–Crippen LogP) is 4.41. The van der Waals surface area contributed by atoms with E-state index in [-0.39, 0.29) is 11.6 Å². The Kier molecular flexibility index (Phi) is 5.71. The first-order chi connectivity index (χ1) is 14.5. The minimum Gasteiger partial charge on any atom is -0.486 e. The molecule has 0 bridgehead atoms. The maximum atomic E-state index is 13.0. The summed E-state index contributed by atoms with van der Waals surface area (Å²) in [6.07, 6.45) is 0. The van der Waals surface area contributed by atoms with Gasteiger partial charge in [-0.25, -0.2) is 9.18 Å². The van der Waals surface area contributed by atoms with Gasteiger partial charge in [0, 0.05) is 22.2 Å². The third kappa shape index (κ3) is 4.46. The average molecular weight is 476 g/mol. The Hall–Kier alpha value is -3.33. The number of benzene rings is 2. The Morgan fingerprint density at radius 1 is 1.03 bits per heavy atom. The number of nitrogens with one attached hydrogen (secondary N) is 1. The third-order valence-corrected chi connectivity index (χ3v) is 4.83. The summed E-state index contributed by atoms with van der Waals surface area (Å²) in [5.74, 6) is -0.298. The molecule has 30 heavy (non-hydrogen) atoms. The zero-order chi connectivity index (χ0) is 21.1. The maximum Gasteiger partial charge on any atom is 0.374 e. The van der Waals surface area contributed by atoms with E-state index in [0.717, 1.165) is 0 Å². The molecule has 0 saturated heterocycles. The van der Waals surface area contributed by atoms with Gasteiger partial charge in [-0.05, 0) is 52.3 Å². The van der Waals surface area contributed by atoms with E-state index in [0.29, 0.717) is 46.2 Å². The number of carbonyl (C=O) groups excluding carboxylic acids is 2. The van der Waals surface area contributed by atoms with Gasteiger partial charge in [0.2, 0.25) is 5.76 Å². The Morgan fingerprint density at radius 3 is 2.47 bits per heavy atom. The zero-order valence-corrected chi connectivity index (χ0v) is 17.0. The average Bonchev–Trinajstić information content (AvgIpc) is 3.23. The number of hydrogen-bond donors (Lipinski definition) is 1. The number of rotatable bonds is 5. The van der Waals surface area contributed by atoms with Gasteiger partial charge in [-0.1, -0.05) is 0 Å². The molecule has 154 valence electrons. The van der Waals surface area contributed by atoms with Gasteiger partial charge < -0.3 is 23.9 Å². The van der Waals surface area contributed by atoms with Crippen LogP contribution in [0.3, 0.4) is 0 Å². The third-order valence-electron chi connectivity index (χ3n) is 4.18. The lowest BCUT2D eigenvalue weighted by atomic mass is 10.2. The van der Waals surface area contributed by atoms with Crippen LogP contribution in [0.1, 0.15) is 10.6 Å². The first-order valence-electron chi connectivity index (χ1n) is 8.91. The van der Waals surface area contributed by atoms with Crippen LogP contribution in [0.15, 0.2) is 57.4 Å². The zero-order valence-electron chi connectivity index (χ0n) is 15.4. The lowest BCUT2D eigenvalue weighted by Gasteiger charge is -2.20. The van der Waals surface area contributed by atoms with Crippen LogP contribution >= 0.6 is 15.9 Å². The molecule has 1 amide bonds. The Bertz CT molecular complexity index is 1100. The van der Waals surface area contributed by atoms with Gasteiger partial charge >= 0.3 is 5.97 Å². The minimum atomic E-state index is -0.792. The standard InChI is InChI=1S/C21H15BrFNO6/c22-14-9-18-19(28-8-7-27-18)10-15(14)24-20(25)11-29-21(26)17-6-5-16(30-17)12-1-3-13(23)4-2-12/h1-6,9-10H,7-8,11H2,(H,24,25). The molecule has 1 N–H and O–H groups in total. The highest BCUT2D eigenvalue weighted by molar-refractivity contribution is 9.10. The van der Waals surface area contributed by atoms with Gasteiger partial charge in [0.05, 0.1) is 5.69 Å². The number of ether oxygens (including phenoxy) is 3. The molecule has 1 aromatic heterocycles. The van der Waals surface area contributed by atoms with Gasteiger partial charge in [-0.3, -0.25) is 4.79 Å². The highest BCUT2D eigenvalue weighted by atomic mass is 79.9. The molecule has 2 heterocycles. The topological polar surface area (TPSA) is 87.0 Å². The maximum absolute atomic E-state index is 13.0. The summed E-state index contributed by atoms with van der Waals surface area (Å²) < 4.78 is 35.0. The van der Waals surface area contributed by atoms with Gasteiger partial charge in [0.25, 0.3) is 5.91 Å². The second kappa shape index (κ2) is 8.58. The summed E-state index contributed by atoms with van der Waals surface area (Å²) >= 11 is 3.35. The van der Waals surface area contributed by atoms with E-state index in [2.05, 4.69) is 21.2 Å². The summed E-state index contributed by atoms with van der Waals surface area (Å²) in [7, 11) is 0. The molecule has 1 aliphatic heterocycles. The van der Waals surface area contributed by atoms with Gasteiger partial charge in [0.15, 0.2) is 18.1 Å². The molecular weight excluding hydrogens is 461 g/mol. The van der Waals surface area contributed by atoms with Crippen LogP contribution in [0.2, 0.25) is 0 Å². The Labute approximate surface area is 178 Å². The summed E-state index contributed by atoms with van der Waals surface area (Å²) in [6, 6.07) is 11.9. The van der Waals surface area contributed by atoms with Crippen LogP contribution in [0.25, 0.3) is 11.3 Å². The quantitative estimate of drug-likeness (QED) is 0.549. The van der Waals surface area contributed by atoms with E-state index < -0.39 is 18.5 Å². The van der Waals surface area contributed by atoms with Gasteiger partial charge in [-0.2, -0.15) is 0 Å². The van der Waals surface area contributed by atoms with E-state index >= 15 is 0 Å². The van der Waals surface area contributed by atoms with Crippen LogP contribution in [0, 0.1) is 5.82 Å². The molecule has 4 rings (SSSR count). The molecule has 3 aromatic rings. The number of fused-ring (bicyclic) bond motifs is 1. The monoisotopic (exact) mass is 475 g/mol. The molecule has 1 aliphatic rings. The second-order valence-corrected chi connectivity index (χ2v) is 7.13. The highest BCUT2D eigenvalue weighted by Crippen LogP contribution is 2.38. The molecular formula is C21H15BrFNO6. The van der Waals surface area contributed by atoms with Crippen molar-refractivity contribution in [2.24, 2.45) is 0 Å². The largest absolute Gasteiger partial charge is 0.486 e. The van der Waals surface area contributed by atoms with Crippen molar-refractivity contribution in [2.45, 2.75) is 0 Å². The number of anilines is 1. The first kappa shape index (κ1) is 20.0. The smallest absolute Gasteiger partial charge is 0.374 e. The molecule has 7 nitrogen and oxygen atoms in total. The van der Waals surface area contributed by atoms with E-state index in [1.54, 1.807) is 18.2 Å². The second-order valence-electron chi connectivity index (χ2n) is 6.27.